The number of aryl methyl sites for hydroxylation is 1. The molecule has 1 aliphatic carbocycles. The zero-order chi connectivity index (χ0) is 11.0. The van der Waals surface area contributed by atoms with E-state index < -0.39 is 17.7 Å². The number of carboxylic acid groups (broad SMARTS) is 1. The minimum atomic E-state index is -0.916. The normalized spacial score (nSPS) is 17.5. The quantitative estimate of drug-likeness (QED) is 0.829. The van der Waals surface area contributed by atoms with Crippen LogP contribution in [0.1, 0.15) is 29.9 Å². The largest absolute Gasteiger partial charge is 0.481 e. The van der Waals surface area contributed by atoms with Gasteiger partial charge in [-0.1, -0.05) is 12.1 Å². The first-order valence-corrected chi connectivity index (χ1v) is 5.08. The lowest BCUT2D eigenvalue weighted by atomic mass is 9.93. The predicted molar refractivity (Wildman–Crippen MR) is 54.2 cm³/mol. The van der Waals surface area contributed by atoms with Gasteiger partial charge in [-0.2, -0.15) is 0 Å². The van der Waals surface area contributed by atoms with Crippen molar-refractivity contribution in [1.29, 1.82) is 0 Å². The summed E-state index contributed by atoms with van der Waals surface area (Å²) in [5.41, 5.74) is 1.15. The summed E-state index contributed by atoms with van der Waals surface area (Å²) < 4.78 is 13.6. The predicted octanol–water partition coefficient (Wildman–Crippen LogP) is 2.71. The van der Waals surface area contributed by atoms with Crippen LogP contribution in [0.25, 0.3) is 0 Å². The molecule has 0 aliphatic heterocycles. The molecule has 1 aliphatic rings. The summed E-state index contributed by atoms with van der Waals surface area (Å²) in [4.78, 5) is 11.1. The molecule has 0 heterocycles. The van der Waals surface area contributed by atoms with Crippen LogP contribution in [0.2, 0.25) is 0 Å². The minimum absolute atomic E-state index is 0.125. The molecule has 1 aromatic rings. The zero-order valence-electron chi connectivity index (χ0n) is 8.53. The number of carbonyl (C=O) groups is 1. The summed E-state index contributed by atoms with van der Waals surface area (Å²) >= 11 is 0. The molecule has 1 N–H and O–H groups in total. The van der Waals surface area contributed by atoms with Crippen molar-refractivity contribution in [3.05, 3.63) is 35.1 Å². The van der Waals surface area contributed by atoms with Gasteiger partial charge in [0.2, 0.25) is 0 Å². The standard InChI is InChI=1S/C12H13FO2/c1-7-2-5-9(10(13)6-7)11(12(14)15)8-3-4-8/h2,5-6,8,11H,3-4H2,1H3,(H,14,15). The number of hydrogen-bond acceptors (Lipinski definition) is 1. The molecule has 0 amide bonds. The van der Waals surface area contributed by atoms with E-state index in [1.54, 1.807) is 19.1 Å². The van der Waals surface area contributed by atoms with Crippen molar-refractivity contribution in [3.8, 4) is 0 Å². The van der Waals surface area contributed by atoms with Gasteiger partial charge in [-0.15, -0.1) is 0 Å². The summed E-state index contributed by atoms with van der Waals surface area (Å²) in [7, 11) is 0. The van der Waals surface area contributed by atoms with Gasteiger partial charge in [-0.05, 0) is 37.3 Å². The maximum Gasteiger partial charge on any atom is 0.311 e. The maximum atomic E-state index is 13.6. The zero-order valence-corrected chi connectivity index (χ0v) is 8.53. The second kappa shape index (κ2) is 3.65. The number of carboxylic acids is 1. The van der Waals surface area contributed by atoms with E-state index in [2.05, 4.69) is 0 Å². The Labute approximate surface area is 87.7 Å². The molecule has 0 saturated heterocycles. The van der Waals surface area contributed by atoms with Crippen LogP contribution >= 0.6 is 0 Å². The molecule has 1 atom stereocenters. The monoisotopic (exact) mass is 208 g/mol. The lowest BCUT2D eigenvalue weighted by Crippen LogP contribution is -2.15. The van der Waals surface area contributed by atoms with Gasteiger partial charge in [-0.3, -0.25) is 4.79 Å². The van der Waals surface area contributed by atoms with Gasteiger partial charge in [0.05, 0.1) is 5.92 Å². The fraction of sp³-hybridized carbons (Fsp3) is 0.417. The van der Waals surface area contributed by atoms with Crippen molar-refractivity contribution in [1.82, 2.24) is 0 Å². The van der Waals surface area contributed by atoms with E-state index in [1.807, 2.05) is 0 Å². The third-order valence-electron chi connectivity index (χ3n) is 2.85. The van der Waals surface area contributed by atoms with Crippen molar-refractivity contribution in [2.45, 2.75) is 25.7 Å². The highest BCUT2D eigenvalue weighted by Gasteiger charge is 2.38. The average molecular weight is 208 g/mol. The maximum absolute atomic E-state index is 13.6. The second-order valence-electron chi connectivity index (χ2n) is 4.18. The minimum Gasteiger partial charge on any atom is -0.481 e. The smallest absolute Gasteiger partial charge is 0.311 e. The van der Waals surface area contributed by atoms with E-state index >= 15 is 0 Å². The molecular weight excluding hydrogens is 195 g/mol. The number of halogens is 1. The van der Waals surface area contributed by atoms with Crippen molar-refractivity contribution in [3.63, 3.8) is 0 Å². The molecule has 1 fully saturated rings. The summed E-state index contributed by atoms with van der Waals surface area (Å²) in [6.45, 7) is 1.79. The van der Waals surface area contributed by atoms with Crippen LogP contribution in [0.3, 0.4) is 0 Å². The number of aliphatic carboxylic acids is 1. The van der Waals surface area contributed by atoms with Crippen molar-refractivity contribution < 1.29 is 14.3 Å². The molecule has 1 saturated carbocycles. The summed E-state index contributed by atoms with van der Waals surface area (Å²) in [5, 5.41) is 9.06. The molecule has 2 rings (SSSR count). The second-order valence-corrected chi connectivity index (χ2v) is 4.18. The van der Waals surface area contributed by atoms with E-state index in [-0.39, 0.29) is 5.92 Å². The first-order valence-electron chi connectivity index (χ1n) is 5.08. The Bertz CT molecular complexity index is 397. The Kier molecular flexibility index (Phi) is 2.47. The molecule has 0 spiro atoms. The SMILES string of the molecule is Cc1ccc(C(C(=O)O)C2CC2)c(F)c1. The Morgan fingerprint density at radius 1 is 1.53 bits per heavy atom. The summed E-state index contributed by atoms with van der Waals surface area (Å²) in [6, 6.07) is 4.76. The highest BCUT2D eigenvalue weighted by molar-refractivity contribution is 5.77. The van der Waals surface area contributed by atoms with Gasteiger partial charge in [0.1, 0.15) is 5.82 Å². The highest BCUT2D eigenvalue weighted by Crippen LogP contribution is 2.43. The van der Waals surface area contributed by atoms with Gasteiger partial charge in [0.15, 0.2) is 0 Å². The molecule has 1 unspecified atom stereocenters. The van der Waals surface area contributed by atoms with E-state index in [4.69, 9.17) is 5.11 Å². The molecular formula is C12H13FO2. The Balaban J connectivity index is 2.37. The van der Waals surface area contributed by atoms with E-state index in [0.29, 0.717) is 5.56 Å². The number of benzene rings is 1. The van der Waals surface area contributed by atoms with Crippen LogP contribution in [0.5, 0.6) is 0 Å². The van der Waals surface area contributed by atoms with Crippen LogP contribution in [-0.4, -0.2) is 11.1 Å². The lowest BCUT2D eigenvalue weighted by Gasteiger charge is -2.12. The van der Waals surface area contributed by atoms with Crippen molar-refractivity contribution >= 4 is 5.97 Å². The van der Waals surface area contributed by atoms with Crippen LogP contribution in [0.4, 0.5) is 4.39 Å². The van der Waals surface area contributed by atoms with Crippen LogP contribution in [-0.2, 0) is 4.79 Å². The Morgan fingerprint density at radius 2 is 2.20 bits per heavy atom. The van der Waals surface area contributed by atoms with E-state index in [1.165, 1.54) is 6.07 Å². The molecule has 80 valence electrons. The highest BCUT2D eigenvalue weighted by atomic mass is 19.1. The fourth-order valence-electron chi connectivity index (χ4n) is 1.90. The van der Waals surface area contributed by atoms with Gasteiger partial charge in [-0.25, -0.2) is 4.39 Å². The van der Waals surface area contributed by atoms with Crippen LogP contribution in [0.15, 0.2) is 18.2 Å². The molecule has 2 nitrogen and oxygen atoms in total. The van der Waals surface area contributed by atoms with Crippen LogP contribution < -0.4 is 0 Å². The van der Waals surface area contributed by atoms with E-state index in [0.717, 1.165) is 18.4 Å². The molecule has 1 aromatic carbocycles. The van der Waals surface area contributed by atoms with Crippen molar-refractivity contribution in [2.24, 2.45) is 5.92 Å². The van der Waals surface area contributed by atoms with Gasteiger partial charge >= 0.3 is 5.97 Å². The average Bonchev–Trinajstić information content (AvgIpc) is 2.92. The molecule has 15 heavy (non-hydrogen) atoms. The molecule has 3 heteroatoms. The summed E-state index contributed by atoms with van der Waals surface area (Å²) in [6.07, 6.45) is 1.79. The fourth-order valence-corrected chi connectivity index (χ4v) is 1.90. The Hall–Kier alpha value is -1.38. The molecule has 0 aromatic heterocycles. The first-order chi connectivity index (χ1) is 7.09. The van der Waals surface area contributed by atoms with Crippen LogP contribution in [0, 0.1) is 18.7 Å². The summed E-state index contributed by atoms with van der Waals surface area (Å²) in [5.74, 6) is -1.85. The Morgan fingerprint density at radius 3 is 2.67 bits per heavy atom. The van der Waals surface area contributed by atoms with Gasteiger partial charge in [0, 0.05) is 5.56 Å². The third kappa shape index (κ3) is 2.01. The number of rotatable bonds is 3. The molecule has 0 bridgehead atoms. The number of hydrogen-bond donors (Lipinski definition) is 1. The van der Waals surface area contributed by atoms with E-state index in [9.17, 15) is 9.18 Å². The molecule has 0 radical (unpaired) electrons. The van der Waals surface area contributed by atoms with Crippen molar-refractivity contribution in [2.75, 3.05) is 0 Å². The first kappa shape index (κ1) is 10.1. The van der Waals surface area contributed by atoms with Gasteiger partial charge < -0.3 is 5.11 Å². The lowest BCUT2D eigenvalue weighted by molar-refractivity contribution is -0.139. The third-order valence-corrected chi connectivity index (χ3v) is 2.85. The topological polar surface area (TPSA) is 37.3 Å². The van der Waals surface area contributed by atoms with Gasteiger partial charge in [0.25, 0.3) is 0 Å².